The minimum absolute atomic E-state index is 0.215. The first-order chi connectivity index (χ1) is 9.24. The summed E-state index contributed by atoms with van der Waals surface area (Å²) in [7, 11) is 1.84. The Labute approximate surface area is 110 Å². The molecule has 1 aliphatic heterocycles. The molecule has 2 N–H and O–H groups in total. The first kappa shape index (κ1) is 11.8. The lowest BCUT2D eigenvalue weighted by Crippen LogP contribution is -2.37. The van der Waals surface area contributed by atoms with Crippen LogP contribution in [0, 0.1) is 0 Å². The second-order valence-electron chi connectivity index (χ2n) is 4.26. The van der Waals surface area contributed by atoms with Gasteiger partial charge >= 0.3 is 0 Å². The first-order valence-electron chi connectivity index (χ1n) is 6.06. The molecular formula is C11H15N7O. The summed E-state index contributed by atoms with van der Waals surface area (Å²) in [5.41, 5.74) is 6.58. The summed E-state index contributed by atoms with van der Waals surface area (Å²) < 4.78 is 7.02. The molecule has 0 saturated carbocycles. The SMILES string of the molecule is Cn1nccc1-c1nc(N)nc(N2CCOCC2)n1. The standard InChI is InChI=1S/C11H15N7O/c1-17-8(2-3-13-17)9-14-10(12)16-11(15-9)18-4-6-19-7-5-18/h2-3H,4-7H2,1H3,(H2,12,14,15,16). The zero-order chi connectivity index (χ0) is 13.2. The lowest BCUT2D eigenvalue weighted by molar-refractivity contribution is 0.122. The monoisotopic (exact) mass is 261 g/mol. The second kappa shape index (κ2) is 4.81. The summed E-state index contributed by atoms with van der Waals surface area (Å²) in [4.78, 5) is 14.9. The summed E-state index contributed by atoms with van der Waals surface area (Å²) in [5, 5.41) is 4.11. The van der Waals surface area contributed by atoms with Gasteiger partial charge in [-0.1, -0.05) is 0 Å². The van der Waals surface area contributed by atoms with E-state index >= 15 is 0 Å². The predicted octanol–water partition coefficient (Wildman–Crippen LogP) is -0.309. The highest BCUT2D eigenvalue weighted by Gasteiger charge is 2.17. The number of nitrogen functional groups attached to an aromatic ring is 1. The quantitative estimate of drug-likeness (QED) is 0.792. The Kier molecular flexibility index (Phi) is 3.00. The van der Waals surface area contributed by atoms with Crippen LogP contribution < -0.4 is 10.6 Å². The van der Waals surface area contributed by atoms with Gasteiger partial charge in [-0.15, -0.1) is 0 Å². The van der Waals surface area contributed by atoms with Crippen molar-refractivity contribution >= 4 is 11.9 Å². The van der Waals surface area contributed by atoms with Crippen molar-refractivity contribution < 1.29 is 4.74 Å². The highest BCUT2D eigenvalue weighted by Crippen LogP contribution is 2.18. The fourth-order valence-electron chi connectivity index (χ4n) is 1.99. The van der Waals surface area contributed by atoms with E-state index in [1.165, 1.54) is 0 Å². The number of morpholine rings is 1. The molecule has 3 heterocycles. The number of hydrogen-bond donors (Lipinski definition) is 1. The molecule has 0 aliphatic carbocycles. The molecule has 19 heavy (non-hydrogen) atoms. The Balaban J connectivity index is 1.98. The Bertz CT molecular complexity index is 576. The van der Waals surface area contributed by atoms with Gasteiger partial charge in [-0.3, -0.25) is 4.68 Å². The molecule has 0 atom stereocenters. The number of ether oxygens (including phenoxy) is 1. The fraction of sp³-hybridized carbons (Fsp3) is 0.455. The third-order valence-electron chi connectivity index (χ3n) is 2.98. The molecule has 1 saturated heterocycles. The van der Waals surface area contributed by atoms with E-state index in [0.29, 0.717) is 25.0 Å². The summed E-state index contributed by atoms with van der Waals surface area (Å²) >= 11 is 0. The molecule has 0 aromatic carbocycles. The molecule has 100 valence electrons. The van der Waals surface area contributed by atoms with Crippen LogP contribution in [0.5, 0.6) is 0 Å². The molecule has 2 aromatic rings. The maximum Gasteiger partial charge on any atom is 0.230 e. The normalized spacial score (nSPS) is 15.7. The van der Waals surface area contributed by atoms with Crippen molar-refractivity contribution in [1.29, 1.82) is 0 Å². The smallest absolute Gasteiger partial charge is 0.230 e. The van der Waals surface area contributed by atoms with E-state index in [4.69, 9.17) is 10.5 Å². The van der Waals surface area contributed by atoms with Crippen LogP contribution in [-0.2, 0) is 11.8 Å². The van der Waals surface area contributed by atoms with Crippen LogP contribution in [0.4, 0.5) is 11.9 Å². The van der Waals surface area contributed by atoms with Crippen LogP contribution in [0.2, 0.25) is 0 Å². The molecule has 2 aromatic heterocycles. The van der Waals surface area contributed by atoms with Crippen LogP contribution >= 0.6 is 0 Å². The first-order valence-corrected chi connectivity index (χ1v) is 6.06. The van der Waals surface area contributed by atoms with Crippen LogP contribution in [0.25, 0.3) is 11.5 Å². The van der Waals surface area contributed by atoms with Crippen molar-refractivity contribution in [3.8, 4) is 11.5 Å². The molecule has 1 aliphatic rings. The van der Waals surface area contributed by atoms with Gasteiger partial charge in [0.05, 0.1) is 13.2 Å². The van der Waals surface area contributed by atoms with Gasteiger partial charge in [-0.2, -0.15) is 20.1 Å². The Morgan fingerprint density at radius 1 is 1.21 bits per heavy atom. The fourth-order valence-corrected chi connectivity index (χ4v) is 1.99. The lowest BCUT2D eigenvalue weighted by Gasteiger charge is -2.26. The summed E-state index contributed by atoms with van der Waals surface area (Å²) in [5.74, 6) is 1.34. The summed E-state index contributed by atoms with van der Waals surface area (Å²) in [6, 6.07) is 1.85. The average Bonchev–Trinajstić information content (AvgIpc) is 2.85. The van der Waals surface area contributed by atoms with Crippen molar-refractivity contribution in [3.63, 3.8) is 0 Å². The highest BCUT2D eigenvalue weighted by atomic mass is 16.5. The van der Waals surface area contributed by atoms with Gasteiger partial charge < -0.3 is 15.4 Å². The molecule has 0 bridgehead atoms. The van der Waals surface area contributed by atoms with Crippen LogP contribution in [0.15, 0.2) is 12.3 Å². The maximum absolute atomic E-state index is 5.77. The van der Waals surface area contributed by atoms with E-state index in [1.54, 1.807) is 10.9 Å². The van der Waals surface area contributed by atoms with Crippen molar-refractivity contribution in [2.45, 2.75) is 0 Å². The zero-order valence-corrected chi connectivity index (χ0v) is 10.7. The molecule has 0 amide bonds. The molecule has 8 nitrogen and oxygen atoms in total. The topological polar surface area (TPSA) is 95.0 Å². The average molecular weight is 261 g/mol. The Morgan fingerprint density at radius 3 is 2.68 bits per heavy atom. The van der Waals surface area contributed by atoms with Gasteiger partial charge in [0.15, 0.2) is 5.82 Å². The summed E-state index contributed by atoms with van der Waals surface area (Å²) in [6.07, 6.45) is 1.70. The molecule has 0 spiro atoms. The third kappa shape index (κ3) is 2.34. The van der Waals surface area contributed by atoms with Crippen LogP contribution in [0.3, 0.4) is 0 Å². The van der Waals surface area contributed by atoms with E-state index in [-0.39, 0.29) is 5.95 Å². The minimum Gasteiger partial charge on any atom is -0.378 e. The zero-order valence-electron chi connectivity index (χ0n) is 10.7. The van der Waals surface area contributed by atoms with E-state index in [9.17, 15) is 0 Å². The molecule has 8 heteroatoms. The summed E-state index contributed by atoms with van der Waals surface area (Å²) in [6.45, 7) is 2.86. The van der Waals surface area contributed by atoms with Crippen molar-refractivity contribution in [3.05, 3.63) is 12.3 Å². The van der Waals surface area contributed by atoms with E-state index in [1.807, 2.05) is 18.0 Å². The van der Waals surface area contributed by atoms with E-state index in [2.05, 4.69) is 20.1 Å². The molecule has 3 rings (SSSR count). The molecule has 1 fully saturated rings. The second-order valence-corrected chi connectivity index (χ2v) is 4.26. The lowest BCUT2D eigenvalue weighted by atomic mass is 10.4. The van der Waals surface area contributed by atoms with Gasteiger partial charge in [-0.25, -0.2) is 0 Å². The number of rotatable bonds is 2. The van der Waals surface area contributed by atoms with Gasteiger partial charge in [-0.05, 0) is 6.07 Å². The highest BCUT2D eigenvalue weighted by molar-refractivity contribution is 5.53. The van der Waals surface area contributed by atoms with Gasteiger partial charge in [0, 0.05) is 26.3 Å². The number of aromatic nitrogens is 5. The third-order valence-corrected chi connectivity index (χ3v) is 2.98. The number of nitrogens with zero attached hydrogens (tertiary/aromatic N) is 6. The minimum atomic E-state index is 0.215. The van der Waals surface area contributed by atoms with Crippen molar-refractivity contribution in [1.82, 2.24) is 24.7 Å². The maximum atomic E-state index is 5.77. The van der Waals surface area contributed by atoms with Gasteiger partial charge in [0.25, 0.3) is 0 Å². The number of nitrogens with two attached hydrogens (primary N) is 1. The van der Waals surface area contributed by atoms with Crippen molar-refractivity contribution in [2.24, 2.45) is 7.05 Å². The number of aryl methyl sites for hydroxylation is 1. The van der Waals surface area contributed by atoms with E-state index in [0.717, 1.165) is 18.8 Å². The van der Waals surface area contributed by atoms with Crippen LogP contribution in [-0.4, -0.2) is 51.0 Å². The van der Waals surface area contributed by atoms with Crippen molar-refractivity contribution in [2.75, 3.05) is 36.9 Å². The van der Waals surface area contributed by atoms with Gasteiger partial charge in [0.2, 0.25) is 11.9 Å². The molecule has 0 unspecified atom stereocenters. The Morgan fingerprint density at radius 2 is 2.00 bits per heavy atom. The van der Waals surface area contributed by atoms with Gasteiger partial charge in [0.1, 0.15) is 5.69 Å². The molecule has 0 radical (unpaired) electrons. The Hall–Kier alpha value is -2.22. The number of hydrogen-bond acceptors (Lipinski definition) is 7. The van der Waals surface area contributed by atoms with E-state index < -0.39 is 0 Å². The molecular weight excluding hydrogens is 246 g/mol. The largest absolute Gasteiger partial charge is 0.378 e. The number of anilines is 2. The van der Waals surface area contributed by atoms with Crippen LogP contribution in [0.1, 0.15) is 0 Å². The predicted molar refractivity (Wildman–Crippen MR) is 69.5 cm³/mol.